The second-order valence-corrected chi connectivity index (χ2v) is 4.95. The first-order valence-corrected chi connectivity index (χ1v) is 5.39. The van der Waals surface area contributed by atoms with Crippen molar-refractivity contribution >= 4 is 11.3 Å². The summed E-state index contributed by atoms with van der Waals surface area (Å²) in [7, 11) is 0. The molecule has 1 aromatic heterocycles. The Hall–Kier alpha value is -0.340. The SMILES string of the molecule is Cc1csc(CCC2(N)CC2)c1. The van der Waals surface area contributed by atoms with Crippen LogP contribution in [0.1, 0.15) is 29.7 Å². The van der Waals surface area contributed by atoms with E-state index in [1.54, 1.807) is 0 Å². The standard InChI is InChI=1S/C10H15NS/c1-8-6-9(12-7-8)2-3-10(11)4-5-10/h6-7H,2-5,11H2,1H3. The van der Waals surface area contributed by atoms with Gasteiger partial charge in [0.05, 0.1) is 0 Å². The third kappa shape index (κ3) is 1.87. The summed E-state index contributed by atoms with van der Waals surface area (Å²) in [5.41, 5.74) is 7.61. The lowest BCUT2D eigenvalue weighted by molar-refractivity contribution is 0.612. The maximum absolute atomic E-state index is 6.01. The minimum Gasteiger partial charge on any atom is -0.325 e. The molecule has 1 aliphatic rings. The van der Waals surface area contributed by atoms with Gasteiger partial charge in [-0.1, -0.05) is 0 Å². The molecule has 12 heavy (non-hydrogen) atoms. The quantitative estimate of drug-likeness (QED) is 0.761. The van der Waals surface area contributed by atoms with E-state index in [0.717, 1.165) is 0 Å². The highest BCUT2D eigenvalue weighted by atomic mass is 32.1. The van der Waals surface area contributed by atoms with Crippen LogP contribution >= 0.6 is 11.3 Å². The average Bonchev–Trinajstić information content (AvgIpc) is 2.60. The normalized spacial score (nSPS) is 19.5. The highest BCUT2D eigenvalue weighted by molar-refractivity contribution is 7.10. The van der Waals surface area contributed by atoms with E-state index in [0.29, 0.717) is 0 Å². The molecule has 1 aliphatic carbocycles. The minimum absolute atomic E-state index is 0.220. The molecule has 1 heterocycles. The topological polar surface area (TPSA) is 26.0 Å². The van der Waals surface area contributed by atoms with Gasteiger partial charge in [0.1, 0.15) is 0 Å². The van der Waals surface area contributed by atoms with Gasteiger partial charge in [-0.25, -0.2) is 0 Å². The fourth-order valence-corrected chi connectivity index (χ4v) is 2.28. The van der Waals surface area contributed by atoms with Gasteiger partial charge in [0.25, 0.3) is 0 Å². The fourth-order valence-electron chi connectivity index (χ4n) is 1.40. The third-order valence-electron chi connectivity index (χ3n) is 2.55. The molecule has 0 spiro atoms. The Balaban J connectivity index is 1.87. The monoisotopic (exact) mass is 181 g/mol. The number of nitrogens with two attached hydrogens (primary N) is 1. The van der Waals surface area contributed by atoms with Crippen LogP contribution in [0.2, 0.25) is 0 Å². The molecule has 1 saturated carbocycles. The van der Waals surface area contributed by atoms with Crippen LogP contribution in [0.25, 0.3) is 0 Å². The molecule has 1 aromatic rings. The van der Waals surface area contributed by atoms with E-state index < -0.39 is 0 Å². The van der Waals surface area contributed by atoms with E-state index in [4.69, 9.17) is 5.73 Å². The predicted octanol–water partition coefficient (Wildman–Crippen LogP) is 2.48. The molecule has 0 aliphatic heterocycles. The summed E-state index contributed by atoms with van der Waals surface area (Å²) in [6.07, 6.45) is 4.82. The van der Waals surface area contributed by atoms with Crippen LogP contribution in [-0.4, -0.2) is 5.54 Å². The number of hydrogen-bond acceptors (Lipinski definition) is 2. The molecule has 0 aromatic carbocycles. The van der Waals surface area contributed by atoms with Crippen molar-refractivity contribution in [3.05, 3.63) is 21.9 Å². The van der Waals surface area contributed by atoms with Gasteiger partial charge in [-0.05, 0) is 49.6 Å². The number of aryl methyl sites for hydroxylation is 2. The maximum atomic E-state index is 6.01. The predicted molar refractivity (Wildman–Crippen MR) is 53.5 cm³/mol. The van der Waals surface area contributed by atoms with Crippen molar-refractivity contribution < 1.29 is 0 Å². The van der Waals surface area contributed by atoms with E-state index in [1.807, 2.05) is 11.3 Å². The van der Waals surface area contributed by atoms with Crippen LogP contribution in [0.3, 0.4) is 0 Å². The van der Waals surface area contributed by atoms with Gasteiger partial charge in [0.15, 0.2) is 0 Å². The summed E-state index contributed by atoms with van der Waals surface area (Å²) < 4.78 is 0. The summed E-state index contributed by atoms with van der Waals surface area (Å²) in [6.45, 7) is 2.15. The van der Waals surface area contributed by atoms with Crippen LogP contribution in [0.4, 0.5) is 0 Å². The van der Waals surface area contributed by atoms with E-state index in [1.165, 1.54) is 36.1 Å². The Bertz CT molecular complexity index is 273. The molecular formula is C10H15NS. The molecule has 1 fully saturated rings. The second kappa shape index (κ2) is 2.86. The fraction of sp³-hybridized carbons (Fsp3) is 0.600. The number of hydrogen-bond donors (Lipinski definition) is 1. The largest absolute Gasteiger partial charge is 0.325 e. The molecule has 0 saturated heterocycles. The van der Waals surface area contributed by atoms with Gasteiger partial charge < -0.3 is 5.73 Å². The smallest absolute Gasteiger partial charge is 0.0159 e. The Morgan fingerprint density at radius 1 is 1.58 bits per heavy atom. The van der Waals surface area contributed by atoms with Gasteiger partial charge in [-0.2, -0.15) is 0 Å². The van der Waals surface area contributed by atoms with E-state index in [9.17, 15) is 0 Å². The molecule has 0 radical (unpaired) electrons. The zero-order valence-electron chi connectivity index (χ0n) is 7.47. The molecule has 0 atom stereocenters. The van der Waals surface area contributed by atoms with E-state index in [2.05, 4.69) is 18.4 Å². The zero-order chi connectivity index (χ0) is 8.60. The second-order valence-electron chi connectivity index (χ2n) is 3.95. The van der Waals surface area contributed by atoms with Crippen molar-refractivity contribution in [3.63, 3.8) is 0 Å². The number of rotatable bonds is 3. The molecule has 66 valence electrons. The Labute approximate surface area is 77.6 Å². The van der Waals surface area contributed by atoms with E-state index >= 15 is 0 Å². The number of thiophene rings is 1. The van der Waals surface area contributed by atoms with Crippen molar-refractivity contribution in [3.8, 4) is 0 Å². The lowest BCUT2D eigenvalue weighted by atomic mass is 10.1. The lowest BCUT2D eigenvalue weighted by Crippen LogP contribution is -2.21. The molecule has 1 nitrogen and oxygen atoms in total. The Morgan fingerprint density at radius 3 is 2.83 bits per heavy atom. The van der Waals surface area contributed by atoms with Crippen LogP contribution < -0.4 is 5.73 Å². The Morgan fingerprint density at radius 2 is 2.33 bits per heavy atom. The first kappa shape index (κ1) is 8.27. The van der Waals surface area contributed by atoms with Gasteiger partial charge in [0.2, 0.25) is 0 Å². The summed E-state index contributed by atoms with van der Waals surface area (Å²) in [5.74, 6) is 0. The lowest BCUT2D eigenvalue weighted by Gasteiger charge is -2.05. The van der Waals surface area contributed by atoms with E-state index in [-0.39, 0.29) is 5.54 Å². The van der Waals surface area contributed by atoms with Gasteiger partial charge in [-0.3, -0.25) is 0 Å². The van der Waals surface area contributed by atoms with Crippen LogP contribution in [0.5, 0.6) is 0 Å². The molecule has 0 amide bonds. The summed E-state index contributed by atoms with van der Waals surface area (Å²) in [4.78, 5) is 1.49. The maximum Gasteiger partial charge on any atom is 0.0159 e. The van der Waals surface area contributed by atoms with Crippen LogP contribution in [0, 0.1) is 6.92 Å². The first-order chi connectivity index (χ1) is 5.68. The zero-order valence-corrected chi connectivity index (χ0v) is 8.29. The highest BCUT2D eigenvalue weighted by Crippen LogP contribution is 2.37. The van der Waals surface area contributed by atoms with Gasteiger partial charge in [-0.15, -0.1) is 11.3 Å². The van der Waals surface area contributed by atoms with Gasteiger partial charge >= 0.3 is 0 Å². The van der Waals surface area contributed by atoms with Gasteiger partial charge in [0, 0.05) is 10.4 Å². The van der Waals surface area contributed by atoms with Crippen molar-refractivity contribution in [2.24, 2.45) is 5.73 Å². The Kier molecular flexibility index (Phi) is 1.97. The van der Waals surface area contributed by atoms with Crippen LogP contribution in [0.15, 0.2) is 11.4 Å². The summed E-state index contributed by atoms with van der Waals surface area (Å²) >= 11 is 1.86. The van der Waals surface area contributed by atoms with Crippen LogP contribution in [-0.2, 0) is 6.42 Å². The van der Waals surface area contributed by atoms with Crippen molar-refractivity contribution in [2.45, 2.75) is 38.1 Å². The van der Waals surface area contributed by atoms with Crippen molar-refractivity contribution in [2.75, 3.05) is 0 Å². The first-order valence-electron chi connectivity index (χ1n) is 4.51. The molecular weight excluding hydrogens is 166 g/mol. The average molecular weight is 181 g/mol. The minimum atomic E-state index is 0.220. The molecule has 0 bridgehead atoms. The summed E-state index contributed by atoms with van der Waals surface area (Å²) in [5, 5.41) is 2.21. The van der Waals surface area contributed by atoms with Crippen molar-refractivity contribution in [1.82, 2.24) is 0 Å². The summed E-state index contributed by atoms with van der Waals surface area (Å²) in [6, 6.07) is 2.27. The molecule has 0 unspecified atom stereocenters. The third-order valence-corrected chi connectivity index (χ3v) is 3.66. The molecule has 2 heteroatoms. The molecule has 2 N–H and O–H groups in total. The van der Waals surface area contributed by atoms with Crippen molar-refractivity contribution in [1.29, 1.82) is 0 Å². The highest BCUT2D eigenvalue weighted by Gasteiger charge is 2.37. The molecule has 2 rings (SSSR count).